The third-order valence-electron chi connectivity index (χ3n) is 1.41. The van der Waals surface area contributed by atoms with Crippen LogP contribution in [-0.2, 0) is 0 Å². The van der Waals surface area contributed by atoms with Crippen LogP contribution in [-0.4, -0.2) is 18.5 Å². The SMILES string of the molecule is [CH2]c1c(OC)ccnc1OC(F)(F)F. The lowest BCUT2D eigenvalue weighted by atomic mass is 10.3. The van der Waals surface area contributed by atoms with Crippen LogP contribution >= 0.6 is 0 Å². The molecule has 0 fully saturated rings. The van der Waals surface area contributed by atoms with Crippen molar-refractivity contribution in [1.82, 2.24) is 4.98 Å². The molecule has 1 aromatic heterocycles. The molecule has 1 heterocycles. The lowest BCUT2D eigenvalue weighted by Crippen LogP contribution is -2.18. The van der Waals surface area contributed by atoms with E-state index in [1.54, 1.807) is 0 Å². The maximum atomic E-state index is 11.8. The second-order valence-electron chi connectivity index (χ2n) is 2.34. The van der Waals surface area contributed by atoms with Crippen LogP contribution in [0.3, 0.4) is 0 Å². The summed E-state index contributed by atoms with van der Waals surface area (Å²) in [5.41, 5.74) is -0.0349. The Bertz CT molecular complexity index is 325. The Balaban J connectivity index is 2.98. The average Bonchev–Trinajstić information content (AvgIpc) is 2.06. The molecule has 0 spiro atoms. The molecule has 0 saturated heterocycles. The van der Waals surface area contributed by atoms with Crippen molar-refractivity contribution in [3.05, 3.63) is 24.8 Å². The number of alkyl halides is 3. The summed E-state index contributed by atoms with van der Waals surface area (Å²) in [6, 6.07) is 1.39. The summed E-state index contributed by atoms with van der Waals surface area (Å²) in [6.45, 7) is 3.36. The van der Waals surface area contributed by atoms with Crippen molar-refractivity contribution >= 4 is 0 Å². The minimum atomic E-state index is -4.77. The first kappa shape index (κ1) is 10.6. The fourth-order valence-corrected chi connectivity index (χ4v) is 0.845. The van der Waals surface area contributed by atoms with Crippen molar-refractivity contribution < 1.29 is 22.6 Å². The van der Waals surface area contributed by atoms with Gasteiger partial charge in [0.05, 0.1) is 12.7 Å². The van der Waals surface area contributed by atoms with Crippen LogP contribution in [0.15, 0.2) is 12.3 Å². The number of hydrogen-bond acceptors (Lipinski definition) is 3. The molecule has 0 aromatic carbocycles. The largest absolute Gasteiger partial charge is 0.574 e. The van der Waals surface area contributed by atoms with Gasteiger partial charge in [0.2, 0.25) is 5.88 Å². The van der Waals surface area contributed by atoms with Crippen molar-refractivity contribution in [3.8, 4) is 11.6 Å². The molecule has 0 saturated carbocycles. The standard InChI is InChI=1S/C8H7F3NO2/c1-5-6(13-2)3-4-12-7(5)14-8(9,10)11/h3-4H,1H2,2H3. The molecule has 3 nitrogen and oxygen atoms in total. The average molecular weight is 206 g/mol. The summed E-state index contributed by atoms with van der Waals surface area (Å²) in [6.07, 6.45) is -3.62. The quantitative estimate of drug-likeness (QED) is 0.743. The lowest BCUT2D eigenvalue weighted by Gasteiger charge is -2.11. The zero-order chi connectivity index (χ0) is 10.8. The van der Waals surface area contributed by atoms with Gasteiger partial charge in [0, 0.05) is 6.20 Å². The second kappa shape index (κ2) is 3.73. The van der Waals surface area contributed by atoms with Gasteiger partial charge in [-0.05, 0) is 13.0 Å². The van der Waals surface area contributed by atoms with Crippen LogP contribution in [0, 0.1) is 6.92 Å². The minimum absolute atomic E-state index is 0.0349. The second-order valence-corrected chi connectivity index (χ2v) is 2.34. The highest BCUT2D eigenvalue weighted by Gasteiger charge is 2.32. The molecule has 0 aliphatic rings. The Labute approximate surface area is 78.5 Å². The summed E-state index contributed by atoms with van der Waals surface area (Å²) in [5.74, 6) is -0.406. The molecule has 1 radical (unpaired) electrons. The van der Waals surface area contributed by atoms with E-state index in [0.29, 0.717) is 0 Å². The molecule has 0 bridgehead atoms. The lowest BCUT2D eigenvalue weighted by molar-refractivity contribution is -0.276. The predicted octanol–water partition coefficient (Wildman–Crippen LogP) is 2.17. The van der Waals surface area contributed by atoms with E-state index in [-0.39, 0.29) is 11.3 Å². The Morgan fingerprint density at radius 2 is 2.07 bits per heavy atom. The van der Waals surface area contributed by atoms with Crippen LogP contribution in [0.4, 0.5) is 13.2 Å². The number of aromatic nitrogens is 1. The van der Waals surface area contributed by atoms with E-state index >= 15 is 0 Å². The van der Waals surface area contributed by atoms with Gasteiger partial charge in [-0.3, -0.25) is 0 Å². The van der Waals surface area contributed by atoms with Gasteiger partial charge in [0.25, 0.3) is 0 Å². The topological polar surface area (TPSA) is 31.4 Å². The first-order valence-electron chi connectivity index (χ1n) is 3.54. The Kier molecular flexibility index (Phi) is 2.83. The van der Waals surface area contributed by atoms with E-state index in [0.717, 1.165) is 6.20 Å². The zero-order valence-electron chi connectivity index (χ0n) is 7.26. The Morgan fingerprint density at radius 1 is 1.43 bits per heavy atom. The predicted molar refractivity (Wildman–Crippen MR) is 41.9 cm³/mol. The molecular weight excluding hydrogens is 199 g/mol. The van der Waals surface area contributed by atoms with Gasteiger partial charge in [-0.15, -0.1) is 13.2 Å². The van der Waals surface area contributed by atoms with Crippen LogP contribution in [0.5, 0.6) is 11.6 Å². The summed E-state index contributed by atoms with van der Waals surface area (Å²) >= 11 is 0. The highest BCUT2D eigenvalue weighted by atomic mass is 19.4. The fraction of sp³-hybridized carbons (Fsp3) is 0.250. The van der Waals surface area contributed by atoms with E-state index < -0.39 is 12.2 Å². The monoisotopic (exact) mass is 206 g/mol. The number of halogens is 3. The Hall–Kier alpha value is -1.46. The molecule has 0 atom stereocenters. The molecule has 14 heavy (non-hydrogen) atoms. The van der Waals surface area contributed by atoms with Crippen molar-refractivity contribution in [2.45, 2.75) is 6.36 Å². The van der Waals surface area contributed by atoms with Crippen molar-refractivity contribution in [2.24, 2.45) is 0 Å². The normalized spacial score (nSPS) is 11.2. The van der Waals surface area contributed by atoms with Crippen LogP contribution in [0.2, 0.25) is 0 Å². The molecule has 0 aliphatic carbocycles. The summed E-state index contributed by atoms with van der Waals surface area (Å²) < 4.78 is 43.9. The maximum Gasteiger partial charge on any atom is 0.574 e. The number of ether oxygens (including phenoxy) is 2. The first-order chi connectivity index (χ1) is 6.44. The number of nitrogens with zero attached hydrogens (tertiary/aromatic N) is 1. The molecule has 0 amide bonds. The van der Waals surface area contributed by atoms with E-state index in [2.05, 4.69) is 16.6 Å². The van der Waals surface area contributed by atoms with Gasteiger partial charge in [-0.25, -0.2) is 4.98 Å². The Morgan fingerprint density at radius 3 is 2.57 bits per heavy atom. The van der Waals surface area contributed by atoms with Gasteiger partial charge in [-0.1, -0.05) is 0 Å². The number of pyridine rings is 1. The maximum absolute atomic E-state index is 11.8. The first-order valence-corrected chi connectivity index (χ1v) is 3.54. The summed E-state index contributed by atoms with van der Waals surface area (Å²) in [7, 11) is 1.32. The third kappa shape index (κ3) is 2.51. The minimum Gasteiger partial charge on any atom is -0.496 e. The van der Waals surface area contributed by atoms with Crippen molar-refractivity contribution in [3.63, 3.8) is 0 Å². The zero-order valence-corrected chi connectivity index (χ0v) is 7.26. The summed E-state index contributed by atoms with van der Waals surface area (Å²) in [4.78, 5) is 3.39. The van der Waals surface area contributed by atoms with E-state index in [1.165, 1.54) is 13.2 Å². The molecular formula is C8H7F3NO2. The molecule has 0 aliphatic heterocycles. The molecule has 1 aromatic rings. The third-order valence-corrected chi connectivity index (χ3v) is 1.41. The fourth-order valence-electron chi connectivity index (χ4n) is 0.845. The van der Waals surface area contributed by atoms with Crippen LogP contribution in [0.1, 0.15) is 5.56 Å². The van der Waals surface area contributed by atoms with Crippen LogP contribution in [0.25, 0.3) is 0 Å². The molecule has 0 N–H and O–H groups in total. The molecule has 6 heteroatoms. The highest BCUT2D eigenvalue weighted by molar-refractivity contribution is 5.41. The summed E-state index contributed by atoms with van der Waals surface area (Å²) in [5, 5.41) is 0. The van der Waals surface area contributed by atoms with Gasteiger partial charge in [0.15, 0.2) is 0 Å². The number of methoxy groups -OCH3 is 1. The van der Waals surface area contributed by atoms with Gasteiger partial charge in [0.1, 0.15) is 5.75 Å². The van der Waals surface area contributed by atoms with E-state index in [9.17, 15) is 13.2 Å². The number of hydrogen-bond donors (Lipinski definition) is 0. The van der Waals surface area contributed by atoms with Gasteiger partial charge < -0.3 is 9.47 Å². The van der Waals surface area contributed by atoms with Crippen LogP contribution < -0.4 is 9.47 Å². The van der Waals surface area contributed by atoms with Gasteiger partial charge in [-0.2, -0.15) is 0 Å². The molecule has 1 rings (SSSR count). The highest BCUT2D eigenvalue weighted by Crippen LogP contribution is 2.28. The molecule has 0 unspecified atom stereocenters. The van der Waals surface area contributed by atoms with E-state index in [1.807, 2.05) is 0 Å². The van der Waals surface area contributed by atoms with Gasteiger partial charge >= 0.3 is 6.36 Å². The van der Waals surface area contributed by atoms with E-state index in [4.69, 9.17) is 4.74 Å². The molecule has 77 valence electrons. The number of rotatable bonds is 2. The smallest absolute Gasteiger partial charge is 0.496 e. The van der Waals surface area contributed by atoms with Crippen molar-refractivity contribution in [2.75, 3.05) is 7.11 Å². The van der Waals surface area contributed by atoms with Crippen molar-refractivity contribution in [1.29, 1.82) is 0 Å².